The predicted molar refractivity (Wildman–Crippen MR) is 107 cm³/mol. The van der Waals surface area contributed by atoms with E-state index in [0.717, 1.165) is 0 Å². The molecule has 0 unspecified atom stereocenters. The number of nitrogens with one attached hydrogen (secondary N) is 2. The van der Waals surface area contributed by atoms with Crippen LogP contribution in [0, 0.1) is 0 Å². The molecule has 0 atom stereocenters. The SMILES string of the molecule is O=C(O)c1c(NC(=O)c2cc(C(F)(F)F)nn2-c2ncccc2Cl)c(Cl)cc2cn[nH]c12. The van der Waals surface area contributed by atoms with Crippen molar-refractivity contribution in [3.05, 3.63) is 63.7 Å². The number of aromatic amines is 1. The van der Waals surface area contributed by atoms with Gasteiger partial charge in [0.1, 0.15) is 11.3 Å². The van der Waals surface area contributed by atoms with Crippen LogP contribution in [0.3, 0.4) is 0 Å². The fourth-order valence-corrected chi connectivity index (χ4v) is 3.41. The summed E-state index contributed by atoms with van der Waals surface area (Å²) in [5.41, 5.74) is -2.67. The fourth-order valence-electron chi connectivity index (χ4n) is 2.95. The number of amides is 1. The Morgan fingerprint density at radius 2 is 1.94 bits per heavy atom. The Labute approximate surface area is 185 Å². The molecule has 3 N–H and O–H groups in total. The van der Waals surface area contributed by atoms with Crippen molar-refractivity contribution >= 4 is 51.7 Å². The lowest BCUT2D eigenvalue weighted by Gasteiger charge is -2.12. The summed E-state index contributed by atoms with van der Waals surface area (Å²) in [5.74, 6) is -2.81. The molecule has 0 aliphatic heterocycles. The lowest BCUT2D eigenvalue weighted by atomic mass is 10.1. The number of carboxylic acids is 1. The first-order valence-corrected chi connectivity index (χ1v) is 9.32. The molecule has 3 heterocycles. The average molecular weight is 485 g/mol. The second-order valence-corrected chi connectivity index (χ2v) is 7.15. The van der Waals surface area contributed by atoms with Gasteiger partial charge in [-0.05, 0) is 18.2 Å². The van der Waals surface area contributed by atoms with E-state index in [9.17, 15) is 27.9 Å². The third-order valence-corrected chi connectivity index (χ3v) is 4.91. The van der Waals surface area contributed by atoms with Crippen LogP contribution in [0.15, 0.2) is 36.7 Å². The van der Waals surface area contributed by atoms with Gasteiger partial charge in [0, 0.05) is 17.6 Å². The second kappa shape index (κ2) is 7.80. The molecule has 0 fully saturated rings. The van der Waals surface area contributed by atoms with Crippen LogP contribution in [0.1, 0.15) is 26.5 Å². The number of benzene rings is 1. The molecule has 1 amide bonds. The zero-order chi connectivity index (χ0) is 23.2. The highest BCUT2D eigenvalue weighted by molar-refractivity contribution is 6.36. The molecule has 0 aliphatic carbocycles. The number of aromatic carboxylic acids is 1. The van der Waals surface area contributed by atoms with Gasteiger partial charge in [-0.25, -0.2) is 14.5 Å². The van der Waals surface area contributed by atoms with Gasteiger partial charge in [0.2, 0.25) is 0 Å². The lowest BCUT2D eigenvalue weighted by Crippen LogP contribution is -2.19. The number of hydrogen-bond acceptors (Lipinski definition) is 5. The zero-order valence-corrected chi connectivity index (χ0v) is 16.9. The predicted octanol–water partition coefficient (Wildman–Crippen LogP) is 4.42. The number of carboxylic acid groups (broad SMARTS) is 1. The molecule has 1 aromatic carbocycles. The molecule has 0 spiro atoms. The number of hydrogen-bond donors (Lipinski definition) is 3. The standard InChI is InChI=1S/C18H9Cl2F3N6O3/c19-8-2-1-3-24-15(8)29-10(5-11(28-29)18(21,22)23)16(30)26-14-9(20)4-7-6-25-27-13(7)12(14)17(31)32/h1-6H,(H,25,27)(H,26,30)(H,31,32). The maximum atomic E-state index is 13.3. The Morgan fingerprint density at radius 1 is 1.19 bits per heavy atom. The van der Waals surface area contributed by atoms with Gasteiger partial charge in [-0.2, -0.15) is 23.4 Å². The van der Waals surface area contributed by atoms with E-state index in [1.165, 1.54) is 30.6 Å². The number of pyridine rings is 1. The zero-order valence-electron chi connectivity index (χ0n) is 15.4. The first-order chi connectivity index (χ1) is 15.1. The van der Waals surface area contributed by atoms with E-state index in [0.29, 0.717) is 16.1 Å². The van der Waals surface area contributed by atoms with Crippen molar-refractivity contribution in [2.75, 3.05) is 5.32 Å². The second-order valence-electron chi connectivity index (χ2n) is 6.34. The van der Waals surface area contributed by atoms with Crippen LogP contribution in [-0.4, -0.2) is 41.9 Å². The topological polar surface area (TPSA) is 126 Å². The molecule has 0 saturated carbocycles. The summed E-state index contributed by atoms with van der Waals surface area (Å²) in [6, 6.07) is 4.63. The van der Waals surface area contributed by atoms with Crippen molar-refractivity contribution < 1.29 is 27.9 Å². The van der Waals surface area contributed by atoms with Crippen LogP contribution >= 0.6 is 23.2 Å². The summed E-state index contributed by atoms with van der Waals surface area (Å²) in [6.07, 6.45) is -2.29. The number of carbonyl (C=O) groups is 2. The summed E-state index contributed by atoms with van der Waals surface area (Å²) in [5, 5.41) is 21.6. The normalized spacial score (nSPS) is 11.7. The lowest BCUT2D eigenvalue weighted by molar-refractivity contribution is -0.141. The number of halogens is 5. The molecule has 32 heavy (non-hydrogen) atoms. The Kier molecular flexibility index (Phi) is 5.26. The van der Waals surface area contributed by atoms with Crippen molar-refractivity contribution in [1.29, 1.82) is 0 Å². The minimum absolute atomic E-state index is 0.0643. The largest absolute Gasteiger partial charge is 0.478 e. The fraction of sp³-hybridized carbons (Fsp3) is 0.0556. The Balaban J connectivity index is 1.85. The summed E-state index contributed by atoms with van der Waals surface area (Å²) in [6.45, 7) is 0. The number of H-pyrrole nitrogens is 1. The quantitative estimate of drug-likeness (QED) is 0.393. The third kappa shape index (κ3) is 3.74. The Bertz CT molecular complexity index is 1380. The van der Waals surface area contributed by atoms with Crippen LogP contribution in [0.5, 0.6) is 0 Å². The van der Waals surface area contributed by atoms with E-state index in [4.69, 9.17) is 23.2 Å². The van der Waals surface area contributed by atoms with Gasteiger partial charge in [-0.3, -0.25) is 9.89 Å². The van der Waals surface area contributed by atoms with Crippen molar-refractivity contribution in [3.8, 4) is 5.82 Å². The van der Waals surface area contributed by atoms with E-state index in [1.54, 1.807) is 0 Å². The van der Waals surface area contributed by atoms with Gasteiger partial charge < -0.3 is 10.4 Å². The molecule has 0 aliphatic rings. The van der Waals surface area contributed by atoms with Crippen LogP contribution in [0.2, 0.25) is 10.0 Å². The summed E-state index contributed by atoms with van der Waals surface area (Å²) >= 11 is 12.2. The van der Waals surface area contributed by atoms with Gasteiger partial charge in [0.15, 0.2) is 11.5 Å². The molecule has 164 valence electrons. The van der Waals surface area contributed by atoms with E-state index < -0.39 is 35.0 Å². The van der Waals surface area contributed by atoms with Crippen LogP contribution < -0.4 is 5.32 Å². The molecular weight excluding hydrogens is 476 g/mol. The van der Waals surface area contributed by atoms with E-state index >= 15 is 0 Å². The molecular formula is C18H9Cl2F3N6O3. The van der Waals surface area contributed by atoms with Crippen LogP contribution in [-0.2, 0) is 6.18 Å². The van der Waals surface area contributed by atoms with Gasteiger partial charge in [-0.15, -0.1) is 0 Å². The number of anilines is 1. The summed E-state index contributed by atoms with van der Waals surface area (Å²) in [7, 11) is 0. The molecule has 0 radical (unpaired) electrons. The van der Waals surface area contributed by atoms with Crippen molar-refractivity contribution in [2.45, 2.75) is 6.18 Å². The number of nitrogens with zero attached hydrogens (tertiary/aromatic N) is 4. The molecule has 0 bridgehead atoms. The maximum absolute atomic E-state index is 13.3. The Morgan fingerprint density at radius 3 is 2.59 bits per heavy atom. The van der Waals surface area contributed by atoms with E-state index in [2.05, 4.69) is 25.6 Å². The Hall–Kier alpha value is -3.64. The first-order valence-electron chi connectivity index (χ1n) is 8.56. The third-order valence-electron chi connectivity index (χ3n) is 4.31. The summed E-state index contributed by atoms with van der Waals surface area (Å²) < 4.78 is 40.5. The highest BCUT2D eigenvalue weighted by Gasteiger charge is 2.37. The first kappa shape index (κ1) is 21.6. The number of carbonyl (C=O) groups excluding carboxylic acids is 1. The molecule has 9 nitrogen and oxygen atoms in total. The molecule has 4 rings (SSSR count). The van der Waals surface area contributed by atoms with Gasteiger partial charge in [0.25, 0.3) is 5.91 Å². The smallest absolute Gasteiger partial charge is 0.435 e. The maximum Gasteiger partial charge on any atom is 0.435 e. The van der Waals surface area contributed by atoms with Gasteiger partial charge in [-0.1, -0.05) is 23.2 Å². The molecule has 4 aromatic rings. The van der Waals surface area contributed by atoms with Crippen molar-refractivity contribution in [1.82, 2.24) is 25.0 Å². The highest BCUT2D eigenvalue weighted by atomic mass is 35.5. The minimum Gasteiger partial charge on any atom is -0.478 e. The van der Waals surface area contributed by atoms with Crippen LogP contribution in [0.25, 0.3) is 16.7 Å². The van der Waals surface area contributed by atoms with Gasteiger partial charge in [0.05, 0.1) is 27.4 Å². The number of aromatic nitrogens is 5. The van der Waals surface area contributed by atoms with Crippen molar-refractivity contribution in [2.24, 2.45) is 0 Å². The number of alkyl halides is 3. The monoisotopic (exact) mass is 484 g/mol. The highest BCUT2D eigenvalue weighted by Crippen LogP contribution is 2.34. The molecule has 0 saturated heterocycles. The van der Waals surface area contributed by atoms with E-state index in [1.807, 2.05) is 0 Å². The van der Waals surface area contributed by atoms with Crippen molar-refractivity contribution in [3.63, 3.8) is 0 Å². The summed E-state index contributed by atoms with van der Waals surface area (Å²) in [4.78, 5) is 28.7. The number of rotatable bonds is 4. The van der Waals surface area contributed by atoms with E-state index in [-0.39, 0.29) is 27.1 Å². The van der Waals surface area contributed by atoms with Gasteiger partial charge >= 0.3 is 12.1 Å². The molecule has 14 heteroatoms. The number of fused-ring (bicyclic) bond motifs is 1. The minimum atomic E-state index is -4.87. The average Bonchev–Trinajstić information content (AvgIpc) is 3.35. The van der Waals surface area contributed by atoms with Crippen LogP contribution in [0.4, 0.5) is 18.9 Å². The molecule has 3 aromatic heterocycles.